The highest BCUT2D eigenvalue weighted by Crippen LogP contribution is 2.16. The Kier molecular flexibility index (Phi) is 7.13. The molecule has 0 rings (SSSR count). The Labute approximate surface area is 109 Å². The molecule has 106 valence electrons. The summed E-state index contributed by atoms with van der Waals surface area (Å²) in [7, 11) is 0. The van der Waals surface area contributed by atoms with Crippen LogP contribution in [0.25, 0.3) is 0 Å². The van der Waals surface area contributed by atoms with Crippen LogP contribution in [0.15, 0.2) is 12.7 Å². The summed E-state index contributed by atoms with van der Waals surface area (Å²) in [5.74, 6) is -0.470. The van der Waals surface area contributed by atoms with Crippen molar-refractivity contribution >= 4 is 5.97 Å². The fourth-order valence-corrected chi connectivity index (χ4v) is 1.08. The molecule has 0 unspecified atom stereocenters. The molecule has 0 heterocycles. The van der Waals surface area contributed by atoms with E-state index in [2.05, 4.69) is 6.58 Å². The minimum absolute atomic E-state index is 0.0240. The van der Waals surface area contributed by atoms with Gasteiger partial charge in [-0.05, 0) is 27.7 Å². The smallest absolute Gasteiger partial charge is 0.330 e. The second-order valence-electron chi connectivity index (χ2n) is 5.19. The molecule has 0 aromatic carbocycles. The van der Waals surface area contributed by atoms with Crippen LogP contribution in [0.2, 0.25) is 0 Å². The predicted molar refractivity (Wildman–Crippen MR) is 68.3 cm³/mol. The maximum Gasteiger partial charge on any atom is 0.330 e. The average Bonchev–Trinajstić information content (AvgIpc) is 2.31. The summed E-state index contributed by atoms with van der Waals surface area (Å²) in [6, 6.07) is 0. The van der Waals surface area contributed by atoms with Crippen LogP contribution in [0.4, 0.5) is 0 Å². The van der Waals surface area contributed by atoms with Crippen LogP contribution in [-0.2, 0) is 19.0 Å². The van der Waals surface area contributed by atoms with Crippen molar-refractivity contribution in [3.8, 4) is 0 Å². The normalized spacial score (nSPS) is 12.3. The minimum atomic E-state index is -0.599. The summed E-state index contributed by atoms with van der Waals surface area (Å²) in [4.78, 5) is 11.0. The monoisotopic (exact) mass is 260 g/mol. The van der Waals surface area contributed by atoms with E-state index in [0.717, 1.165) is 6.08 Å². The van der Waals surface area contributed by atoms with Crippen LogP contribution >= 0.6 is 0 Å². The molecular formula is C13H24O5. The minimum Gasteiger partial charge on any atom is -0.459 e. The van der Waals surface area contributed by atoms with E-state index in [4.69, 9.17) is 19.3 Å². The standard InChI is InChI=1S/C13H24O5/c1-6-11(15)16-9-12(2,3)18-10-13(4,5)17-8-7-14/h6,14H,1,7-10H2,2-5H3. The van der Waals surface area contributed by atoms with Gasteiger partial charge in [0.15, 0.2) is 0 Å². The molecule has 0 aliphatic carbocycles. The lowest BCUT2D eigenvalue weighted by atomic mass is 10.1. The molecule has 0 aromatic rings. The van der Waals surface area contributed by atoms with Crippen molar-refractivity contribution in [3.05, 3.63) is 12.7 Å². The van der Waals surface area contributed by atoms with Crippen LogP contribution in [0.1, 0.15) is 27.7 Å². The van der Waals surface area contributed by atoms with Crippen LogP contribution < -0.4 is 0 Å². The molecular weight excluding hydrogens is 236 g/mol. The van der Waals surface area contributed by atoms with Crippen molar-refractivity contribution in [2.24, 2.45) is 0 Å². The fraction of sp³-hybridized carbons (Fsp3) is 0.769. The number of rotatable bonds is 9. The van der Waals surface area contributed by atoms with E-state index >= 15 is 0 Å². The Morgan fingerprint density at radius 1 is 1.17 bits per heavy atom. The van der Waals surface area contributed by atoms with Gasteiger partial charge in [-0.2, -0.15) is 0 Å². The van der Waals surface area contributed by atoms with Crippen molar-refractivity contribution in [1.82, 2.24) is 0 Å². The van der Waals surface area contributed by atoms with Gasteiger partial charge in [0.05, 0.1) is 31.0 Å². The van der Waals surface area contributed by atoms with Gasteiger partial charge >= 0.3 is 5.97 Å². The predicted octanol–water partition coefficient (Wildman–Crippen LogP) is 1.30. The molecule has 0 amide bonds. The number of carbonyl (C=O) groups is 1. The molecule has 0 fully saturated rings. The lowest BCUT2D eigenvalue weighted by molar-refractivity contribution is -0.158. The highest BCUT2D eigenvalue weighted by molar-refractivity contribution is 5.81. The molecule has 0 atom stereocenters. The molecule has 0 bridgehead atoms. The lowest BCUT2D eigenvalue weighted by Gasteiger charge is -2.31. The number of hydrogen-bond acceptors (Lipinski definition) is 5. The zero-order valence-corrected chi connectivity index (χ0v) is 11.7. The van der Waals surface area contributed by atoms with Crippen LogP contribution in [-0.4, -0.2) is 48.7 Å². The molecule has 0 aromatic heterocycles. The van der Waals surface area contributed by atoms with Gasteiger partial charge in [-0.15, -0.1) is 0 Å². The molecule has 0 aliphatic heterocycles. The van der Waals surface area contributed by atoms with Gasteiger partial charge in [0.2, 0.25) is 0 Å². The number of aliphatic hydroxyl groups excluding tert-OH is 1. The first-order chi connectivity index (χ1) is 8.22. The van der Waals surface area contributed by atoms with Crippen molar-refractivity contribution in [3.63, 3.8) is 0 Å². The summed E-state index contributed by atoms with van der Waals surface area (Å²) in [6.07, 6.45) is 1.12. The number of hydrogen-bond donors (Lipinski definition) is 1. The highest BCUT2D eigenvalue weighted by atomic mass is 16.6. The number of esters is 1. The third-order valence-electron chi connectivity index (χ3n) is 2.12. The molecule has 5 nitrogen and oxygen atoms in total. The fourth-order valence-electron chi connectivity index (χ4n) is 1.08. The molecule has 1 N–H and O–H groups in total. The van der Waals surface area contributed by atoms with E-state index < -0.39 is 17.2 Å². The van der Waals surface area contributed by atoms with Gasteiger partial charge in [-0.1, -0.05) is 6.58 Å². The maximum atomic E-state index is 11.0. The highest BCUT2D eigenvalue weighted by Gasteiger charge is 2.26. The molecule has 0 aliphatic rings. The molecule has 18 heavy (non-hydrogen) atoms. The number of ether oxygens (including phenoxy) is 3. The number of carbonyl (C=O) groups excluding carboxylic acids is 1. The van der Waals surface area contributed by atoms with Gasteiger partial charge in [-0.3, -0.25) is 0 Å². The van der Waals surface area contributed by atoms with E-state index in [-0.39, 0.29) is 19.8 Å². The van der Waals surface area contributed by atoms with E-state index in [1.54, 1.807) is 0 Å². The van der Waals surface area contributed by atoms with Gasteiger partial charge < -0.3 is 19.3 Å². The van der Waals surface area contributed by atoms with Gasteiger partial charge in [-0.25, -0.2) is 4.79 Å². The Morgan fingerprint density at radius 2 is 1.72 bits per heavy atom. The molecule has 0 saturated heterocycles. The lowest BCUT2D eigenvalue weighted by Crippen LogP contribution is -2.39. The van der Waals surface area contributed by atoms with Crippen molar-refractivity contribution < 1.29 is 24.1 Å². The Hall–Kier alpha value is -0.910. The Bertz CT molecular complexity index is 271. The molecule has 0 saturated carbocycles. The van der Waals surface area contributed by atoms with Gasteiger partial charge in [0.1, 0.15) is 6.61 Å². The quantitative estimate of drug-likeness (QED) is 0.500. The van der Waals surface area contributed by atoms with Crippen molar-refractivity contribution in [2.45, 2.75) is 38.9 Å². The van der Waals surface area contributed by atoms with E-state index in [1.165, 1.54) is 0 Å². The maximum absolute atomic E-state index is 11.0. The summed E-state index contributed by atoms with van der Waals surface area (Å²) in [5.41, 5.74) is -1.10. The number of aliphatic hydroxyl groups is 1. The molecule has 5 heteroatoms. The Balaban J connectivity index is 4.08. The van der Waals surface area contributed by atoms with Crippen molar-refractivity contribution in [1.29, 1.82) is 0 Å². The van der Waals surface area contributed by atoms with E-state index in [0.29, 0.717) is 6.61 Å². The van der Waals surface area contributed by atoms with Gasteiger partial charge in [0.25, 0.3) is 0 Å². The first-order valence-corrected chi connectivity index (χ1v) is 5.90. The van der Waals surface area contributed by atoms with E-state index in [9.17, 15) is 4.79 Å². The van der Waals surface area contributed by atoms with Crippen molar-refractivity contribution in [2.75, 3.05) is 26.4 Å². The van der Waals surface area contributed by atoms with Crippen LogP contribution in [0, 0.1) is 0 Å². The summed E-state index contributed by atoms with van der Waals surface area (Å²) in [5, 5.41) is 8.70. The first-order valence-electron chi connectivity index (χ1n) is 5.90. The van der Waals surface area contributed by atoms with Crippen LogP contribution in [0.3, 0.4) is 0 Å². The third kappa shape index (κ3) is 8.22. The molecule has 0 radical (unpaired) electrons. The third-order valence-corrected chi connectivity index (χ3v) is 2.12. The van der Waals surface area contributed by atoms with E-state index in [1.807, 2.05) is 27.7 Å². The van der Waals surface area contributed by atoms with Crippen LogP contribution in [0.5, 0.6) is 0 Å². The summed E-state index contributed by atoms with van der Waals surface area (Å²) < 4.78 is 16.0. The zero-order chi connectivity index (χ0) is 14.2. The first kappa shape index (κ1) is 17.1. The second kappa shape index (κ2) is 7.51. The summed E-state index contributed by atoms with van der Waals surface area (Å²) in [6.45, 7) is 11.4. The van der Waals surface area contributed by atoms with Gasteiger partial charge in [0, 0.05) is 6.08 Å². The zero-order valence-electron chi connectivity index (χ0n) is 11.7. The second-order valence-corrected chi connectivity index (χ2v) is 5.19. The topological polar surface area (TPSA) is 65.0 Å². The largest absolute Gasteiger partial charge is 0.459 e. The Morgan fingerprint density at radius 3 is 2.22 bits per heavy atom. The summed E-state index contributed by atoms with van der Waals surface area (Å²) >= 11 is 0. The molecule has 0 spiro atoms. The SMILES string of the molecule is C=CC(=O)OCC(C)(C)OCC(C)(C)OCCO. The average molecular weight is 260 g/mol.